The topological polar surface area (TPSA) is 190 Å². The Bertz CT molecular complexity index is 423. The molecule has 0 fully saturated rings. The van der Waals surface area contributed by atoms with Crippen molar-refractivity contribution in [1.82, 2.24) is 0 Å². The molecule has 0 unspecified atom stereocenters. The van der Waals surface area contributed by atoms with Gasteiger partial charge in [-0.3, -0.25) is 18.7 Å². The van der Waals surface area contributed by atoms with E-state index in [0.29, 0.717) is 0 Å². The molecule has 0 amide bonds. The van der Waals surface area contributed by atoms with Crippen molar-refractivity contribution in [2.45, 2.75) is 30.6 Å². The monoisotopic (exact) mass is 320 g/mol. The molecule has 0 aromatic rings. The van der Waals surface area contributed by atoms with Crippen LogP contribution in [0.5, 0.6) is 0 Å². The molecule has 0 heterocycles. The maximum Gasteiger partial charge on any atom is 0.344 e. The maximum absolute atomic E-state index is 11.3. The number of carboxylic acid groups (broad SMARTS) is 2. The Labute approximate surface area is 107 Å². The van der Waals surface area contributed by atoms with Gasteiger partial charge in [0.15, 0.2) is 4.90 Å². The highest BCUT2D eigenvalue weighted by Crippen LogP contribution is 2.72. The molecule has 0 aliphatic rings. The smallest absolute Gasteiger partial charge is 0.344 e. The van der Waals surface area contributed by atoms with Crippen molar-refractivity contribution in [3.63, 3.8) is 0 Å². The van der Waals surface area contributed by atoms with Crippen LogP contribution in [0.1, 0.15) is 25.7 Å². The van der Waals surface area contributed by atoms with Crippen LogP contribution >= 0.6 is 15.2 Å². The zero-order valence-electron chi connectivity index (χ0n) is 9.54. The summed E-state index contributed by atoms with van der Waals surface area (Å²) >= 11 is 0. The summed E-state index contributed by atoms with van der Waals surface area (Å²) in [6.45, 7) is 0. The summed E-state index contributed by atoms with van der Waals surface area (Å²) in [5, 5.41) is 17.0. The van der Waals surface area contributed by atoms with Crippen LogP contribution in [0.2, 0.25) is 0 Å². The van der Waals surface area contributed by atoms with Gasteiger partial charge in [0.05, 0.1) is 6.42 Å². The molecule has 12 heteroatoms. The second kappa shape index (κ2) is 6.13. The lowest BCUT2D eigenvalue weighted by atomic mass is 10.1. The van der Waals surface area contributed by atoms with Crippen LogP contribution in [-0.4, -0.2) is 46.6 Å². The van der Waals surface area contributed by atoms with E-state index in [0.717, 1.165) is 0 Å². The molecule has 0 aliphatic heterocycles. The van der Waals surface area contributed by atoms with E-state index in [1.807, 2.05) is 0 Å². The molecule has 0 aromatic heterocycles. The minimum Gasteiger partial charge on any atom is -0.481 e. The number of rotatable bonds is 8. The Hall–Kier alpha value is -0.760. The zero-order valence-corrected chi connectivity index (χ0v) is 11.3. The van der Waals surface area contributed by atoms with Gasteiger partial charge in [0.25, 0.3) is 0 Å². The first kappa shape index (κ1) is 18.2. The van der Waals surface area contributed by atoms with Crippen LogP contribution in [0.3, 0.4) is 0 Å². The van der Waals surface area contributed by atoms with Crippen molar-refractivity contribution >= 4 is 27.1 Å². The summed E-state index contributed by atoms with van der Waals surface area (Å²) in [5.74, 6) is -3.14. The molecule has 6 N–H and O–H groups in total. The zero-order chi connectivity index (χ0) is 15.5. The number of hydrogen-bond acceptors (Lipinski definition) is 4. The van der Waals surface area contributed by atoms with Crippen LogP contribution in [0, 0.1) is 0 Å². The van der Waals surface area contributed by atoms with E-state index in [9.17, 15) is 18.7 Å². The molecule has 0 saturated heterocycles. The number of hydrogen-bond donors (Lipinski definition) is 6. The first-order valence-electron chi connectivity index (χ1n) is 4.88. The van der Waals surface area contributed by atoms with E-state index in [1.165, 1.54) is 0 Å². The van der Waals surface area contributed by atoms with Crippen LogP contribution in [-0.2, 0) is 18.7 Å². The van der Waals surface area contributed by atoms with E-state index in [2.05, 4.69) is 0 Å². The quantitative estimate of drug-likeness (QED) is 0.325. The molecule has 0 bridgehead atoms. The van der Waals surface area contributed by atoms with Gasteiger partial charge in [-0.15, -0.1) is 0 Å². The Morgan fingerprint density at radius 2 is 1.32 bits per heavy atom. The Morgan fingerprint density at radius 3 is 1.58 bits per heavy atom. The third kappa shape index (κ3) is 4.68. The highest BCUT2D eigenvalue weighted by molar-refractivity contribution is 7.72. The summed E-state index contributed by atoms with van der Waals surface area (Å²) in [5.41, 5.74) is 0. The second-order valence-electron chi connectivity index (χ2n) is 3.89. The van der Waals surface area contributed by atoms with Gasteiger partial charge in [-0.05, 0) is 12.8 Å². The molecule has 0 spiro atoms. The normalized spacial score (nSPS) is 13.3. The Morgan fingerprint density at radius 1 is 0.895 bits per heavy atom. The molecule has 0 radical (unpaired) electrons. The third-order valence-electron chi connectivity index (χ3n) is 2.49. The van der Waals surface area contributed by atoms with Crippen LogP contribution in [0.4, 0.5) is 0 Å². The van der Waals surface area contributed by atoms with Gasteiger partial charge < -0.3 is 29.8 Å². The molecule has 0 saturated carbocycles. The van der Waals surface area contributed by atoms with Gasteiger partial charge in [0.1, 0.15) is 0 Å². The number of aliphatic carboxylic acids is 2. The molecule has 0 rings (SSSR count). The summed E-state index contributed by atoms with van der Waals surface area (Å²) in [6, 6.07) is 0. The highest BCUT2D eigenvalue weighted by Gasteiger charge is 2.60. The SMILES string of the molecule is O=C(O)CCCC(CC(=O)O)(P(=O)(O)O)P(=O)(O)O. The van der Waals surface area contributed by atoms with E-state index < -0.39 is 57.7 Å². The lowest BCUT2D eigenvalue weighted by molar-refractivity contribution is -0.137. The standard InChI is InChI=1S/C7H14O10P2/c8-5(9)2-1-3-7(4-6(10)11,18(12,13)14)19(15,16)17/h1-4H2,(H,8,9)(H,10,11)(H2,12,13,14)(H2,15,16,17). The molecule has 112 valence electrons. The molecular weight excluding hydrogens is 306 g/mol. The van der Waals surface area contributed by atoms with Crippen molar-refractivity contribution in [3.8, 4) is 0 Å². The summed E-state index contributed by atoms with van der Waals surface area (Å²) in [4.78, 5) is 54.2. The summed E-state index contributed by atoms with van der Waals surface area (Å²) in [7, 11) is -11.0. The highest BCUT2D eigenvalue weighted by atomic mass is 31.2. The minimum absolute atomic E-state index is 0.473. The Balaban J connectivity index is 5.52. The van der Waals surface area contributed by atoms with E-state index >= 15 is 0 Å². The fourth-order valence-corrected chi connectivity index (χ4v) is 4.46. The van der Waals surface area contributed by atoms with Gasteiger partial charge in [0.2, 0.25) is 0 Å². The largest absolute Gasteiger partial charge is 0.481 e. The van der Waals surface area contributed by atoms with Crippen molar-refractivity contribution in [3.05, 3.63) is 0 Å². The molecule has 0 atom stereocenters. The minimum atomic E-state index is -5.48. The molecule has 0 aliphatic carbocycles. The van der Waals surface area contributed by atoms with Crippen molar-refractivity contribution in [1.29, 1.82) is 0 Å². The van der Waals surface area contributed by atoms with Gasteiger partial charge >= 0.3 is 27.1 Å². The van der Waals surface area contributed by atoms with Crippen LogP contribution in [0.25, 0.3) is 0 Å². The van der Waals surface area contributed by atoms with Crippen molar-refractivity contribution in [2.24, 2.45) is 0 Å². The fourth-order valence-electron chi connectivity index (χ4n) is 1.52. The van der Waals surface area contributed by atoms with Gasteiger partial charge in [-0.1, -0.05) is 0 Å². The van der Waals surface area contributed by atoms with E-state index in [4.69, 9.17) is 29.8 Å². The van der Waals surface area contributed by atoms with Crippen LogP contribution in [0.15, 0.2) is 0 Å². The molecule has 0 aromatic carbocycles. The van der Waals surface area contributed by atoms with E-state index in [-0.39, 0.29) is 0 Å². The lowest BCUT2D eigenvalue weighted by Gasteiger charge is -2.33. The van der Waals surface area contributed by atoms with E-state index in [1.54, 1.807) is 0 Å². The predicted molar refractivity (Wildman–Crippen MR) is 60.6 cm³/mol. The van der Waals surface area contributed by atoms with Crippen molar-refractivity contribution < 1.29 is 48.5 Å². The first-order valence-corrected chi connectivity index (χ1v) is 8.11. The third-order valence-corrected chi connectivity index (χ3v) is 6.98. The van der Waals surface area contributed by atoms with Gasteiger partial charge in [-0.2, -0.15) is 0 Å². The second-order valence-corrected chi connectivity index (χ2v) is 8.13. The average molecular weight is 320 g/mol. The first-order chi connectivity index (χ1) is 8.33. The van der Waals surface area contributed by atoms with Gasteiger partial charge in [0, 0.05) is 6.42 Å². The number of carbonyl (C=O) groups is 2. The van der Waals surface area contributed by atoms with Gasteiger partial charge in [-0.25, -0.2) is 0 Å². The Kier molecular flexibility index (Phi) is 5.88. The number of carboxylic acids is 2. The molecular formula is C7H14O10P2. The predicted octanol–water partition coefficient (Wildman–Crippen LogP) is -0.232. The molecule has 10 nitrogen and oxygen atoms in total. The van der Waals surface area contributed by atoms with Crippen LogP contribution < -0.4 is 0 Å². The summed E-state index contributed by atoms with van der Waals surface area (Å²) in [6.07, 6.45) is -3.44. The summed E-state index contributed by atoms with van der Waals surface area (Å²) < 4.78 is 22.6. The molecule has 19 heavy (non-hydrogen) atoms. The average Bonchev–Trinajstić information content (AvgIpc) is 2.10. The van der Waals surface area contributed by atoms with Crippen molar-refractivity contribution in [2.75, 3.05) is 0 Å². The maximum atomic E-state index is 11.3. The fraction of sp³-hybridized carbons (Fsp3) is 0.714. The lowest BCUT2D eigenvalue weighted by Crippen LogP contribution is -2.32.